The van der Waals surface area contributed by atoms with Gasteiger partial charge in [0.2, 0.25) is 11.8 Å². The van der Waals surface area contributed by atoms with Gasteiger partial charge in [0.25, 0.3) is 0 Å². The summed E-state index contributed by atoms with van der Waals surface area (Å²) in [6.07, 6.45) is 2.35. The molecular formula is C15H19N3O2. The lowest BCUT2D eigenvalue weighted by molar-refractivity contribution is 0.0622. The fourth-order valence-corrected chi connectivity index (χ4v) is 2.56. The lowest BCUT2D eigenvalue weighted by Crippen LogP contribution is -2.37. The van der Waals surface area contributed by atoms with Crippen LogP contribution in [0.5, 0.6) is 0 Å². The molecule has 0 radical (unpaired) electrons. The summed E-state index contributed by atoms with van der Waals surface area (Å²) < 4.78 is 5.68. The number of aromatic nitrogens is 2. The number of rotatable bonds is 4. The Kier molecular flexibility index (Phi) is 4.08. The molecule has 106 valence electrons. The van der Waals surface area contributed by atoms with Gasteiger partial charge in [-0.15, -0.1) is 10.2 Å². The van der Waals surface area contributed by atoms with Gasteiger partial charge >= 0.3 is 0 Å². The van der Waals surface area contributed by atoms with Gasteiger partial charge in [-0.25, -0.2) is 0 Å². The van der Waals surface area contributed by atoms with Crippen molar-refractivity contribution < 1.29 is 9.52 Å². The zero-order chi connectivity index (χ0) is 13.8. The van der Waals surface area contributed by atoms with Crippen molar-refractivity contribution in [3.05, 3.63) is 47.7 Å². The highest BCUT2D eigenvalue weighted by molar-refractivity contribution is 5.17. The molecule has 2 heterocycles. The molecular weight excluding hydrogens is 254 g/mol. The number of likely N-dealkylation sites (tertiary alicyclic amines) is 1. The van der Waals surface area contributed by atoms with Gasteiger partial charge in [-0.2, -0.15) is 0 Å². The van der Waals surface area contributed by atoms with Crippen LogP contribution in [0.3, 0.4) is 0 Å². The Hall–Kier alpha value is -1.72. The Labute approximate surface area is 118 Å². The topological polar surface area (TPSA) is 62.4 Å². The molecule has 1 atom stereocenters. The van der Waals surface area contributed by atoms with E-state index in [1.165, 1.54) is 0 Å². The van der Waals surface area contributed by atoms with Crippen LogP contribution in [0, 0.1) is 0 Å². The van der Waals surface area contributed by atoms with Crippen LogP contribution in [-0.2, 0) is 13.0 Å². The molecule has 2 aromatic rings. The lowest BCUT2D eigenvalue weighted by Gasteiger charge is -2.28. The Bertz CT molecular complexity index is 541. The average Bonchev–Trinajstić information content (AvgIpc) is 2.87. The molecule has 5 heteroatoms. The number of aliphatic hydroxyl groups excluding tert-OH is 1. The first kappa shape index (κ1) is 13.3. The minimum Gasteiger partial charge on any atom is -0.424 e. The quantitative estimate of drug-likeness (QED) is 0.917. The summed E-state index contributed by atoms with van der Waals surface area (Å²) in [6, 6.07) is 10.1. The average molecular weight is 273 g/mol. The molecule has 5 nitrogen and oxygen atoms in total. The third-order valence-corrected chi connectivity index (χ3v) is 3.55. The summed E-state index contributed by atoms with van der Waals surface area (Å²) in [7, 11) is 0. The fourth-order valence-electron chi connectivity index (χ4n) is 2.56. The molecule has 1 saturated heterocycles. The standard InChI is InChI=1S/C15H19N3O2/c19-13-7-4-8-18(10-13)11-15-17-16-14(20-15)9-12-5-2-1-3-6-12/h1-3,5-6,13,19H,4,7-11H2. The van der Waals surface area contributed by atoms with Crippen molar-refractivity contribution in [1.82, 2.24) is 15.1 Å². The Morgan fingerprint density at radius 3 is 2.80 bits per heavy atom. The summed E-state index contributed by atoms with van der Waals surface area (Å²) in [5.41, 5.74) is 1.16. The van der Waals surface area contributed by atoms with Crippen LogP contribution in [0.25, 0.3) is 0 Å². The van der Waals surface area contributed by atoms with E-state index in [9.17, 15) is 5.11 Å². The van der Waals surface area contributed by atoms with Crippen LogP contribution in [0.15, 0.2) is 34.7 Å². The fraction of sp³-hybridized carbons (Fsp3) is 0.467. The zero-order valence-electron chi connectivity index (χ0n) is 11.4. The normalized spacial score (nSPS) is 20.1. The van der Waals surface area contributed by atoms with Crippen molar-refractivity contribution in [3.63, 3.8) is 0 Å². The van der Waals surface area contributed by atoms with Gasteiger partial charge in [0.1, 0.15) is 0 Å². The van der Waals surface area contributed by atoms with E-state index in [1.807, 2.05) is 30.3 Å². The van der Waals surface area contributed by atoms with Crippen LogP contribution in [0.2, 0.25) is 0 Å². The van der Waals surface area contributed by atoms with E-state index in [4.69, 9.17) is 4.42 Å². The highest BCUT2D eigenvalue weighted by Gasteiger charge is 2.19. The van der Waals surface area contributed by atoms with Crippen LogP contribution in [-0.4, -0.2) is 39.4 Å². The van der Waals surface area contributed by atoms with Crippen LogP contribution >= 0.6 is 0 Å². The third-order valence-electron chi connectivity index (χ3n) is 3.55. The largest absolute Gasteiger partial charge is 0.424 e. The Morgan fingerprint density at radius 1 is 1.20 bits per heavy atom. The minimum absolute atomic E-state index is 0.226. The first-order valence-corrected chi connectivity index (χ1v) is 7.05. The van der Waals surface area contributed by atoms with Crippen molar-refractivity contribution in [2.75, 3.05) is 13.1 Å². The molecule has 0 spiro atoms. The molecule has 1 aromatic carbocycles. The van der Waals surface area contributed by atoms with Crippen LogP contribution in [0.1, 0.15) is 30.2 Å². The van der Waals surface area contributed by atoms with Crippen LogP contribution in [0.4, 0.5) is 0 Å². The second-order valence-electron chi connectivity index (χ2n) is 5.28. The maximum Gasteiger partial charge on any atom is 0.230 e. The molecule has 1 aromatic heterocycles. The van der Waals surface area contributed by atoms with E-state index < -0.39 is 0 Å². The van der Waals surface area contributed by atoms with Crippen molar-refractivity contribution in [1.29, 1.82) is 0 Å². The maximum atomic E-state index is 9.65. The summed E-state index contributed by atoms with van der Waals surface area (Å²) in [5.74, 6) is 1.27. The molecule has 0 aliphatic carbocycles. The molecule has 0 bridgehead atoms. The number of hydrogen-bond donors (Lipinski definition) is 1. The molecule has 1 fully saturated rings. The number of aliphatic hydroxyl groups is 1. The highest BCUT2D eigenvalue weighted by Crippen LogP contribution is 2.14. The van der Waals surface area contributed by atoms with E-state index in [2.05, 4.69) is 15.1 Å². The first-order valence-electron chi connectivity index (χ1n) is 7.05. The van der Waals surface area contributed by atoms with Gasteiger partial charge < -0.3 is 9.52 Å². The molecule has 1 aliphatic rings. The van der Waals surface area contributed by atoms with Crippen molar-refractivity contribution >= 4 is 0 Å². The van der Waals surface area contributed by atoms with Crippen LogP contribution < -0.4 is 0 Å². The second kappa shape index (κ2) is 6.15. The highest BCUT2D eigenvalue weighted by atomic mass is 16.4. The number of hydrogen-bond acceptors (Lipinski definition) is 5. The Balaban J connectivity index is 1.59. The lowest BCUT2D eigenvalue weighted by atomic mass is 10.1. The number of β-amino-alcohol motifs (C(OH)–C–C–N with tert-alkyl or cyclic N) is 1. The SMILES string of the molecule is OC1CCCN(Cc2nnc(Cc3ccccc3)o2)C1. The molecule has 3 rings (SSSR count). The minimum atomic E-state index is -0.226. The van der Waals surface area contributed by atoms with E-state index in [1.54, 1.807) is 0 Å². The zero-order valence-corrected chi connectivity index (χ0v) is 11.4. The van der Waals surface area contributed by atoms with Gasteiger partial charge in [0.15, 0.2) is 0 Å². The Morgan fingerprint density at radius 2 is 2.00 bits per heavy atom. The summed E-state index contributed by atoms with van der Waals surface area (Å²) in [5, 5.41) is 17.8. The predicted molar refractivity (Wildman–Crippen MR) is 74.1 cm³/mol. The van der Waals surface area contributed by atoms with Gasteiger partial charge in [-0.1, -0.05) is 30.3 Å². The van der Waals surface area contributed by atoms with Crippen molar-refractivity contribution in [3.8, 4) is 0 Å². The maximum absolute atomic E-state index is 9.65. The van der Waals surface area contributed by atoms with E-state index in [0.717, 1.165) is 24.9 Å². The second-order valence-corrected chi connectivity index (χ2v) is 5.28. The summed E-state index contributed by atoms with van der Waals surface area (Å²) in [6.45, 7) is 2.29. The molecule has 1 unspecified atom stereocenters. The van der Waals surface area contributed by atoms with E-state index in [0.29, 0.717) is 31.3 Å². The van der Waals surface area contributed by atoms with Crippen molar-refractivity contribution in [2.45, 2.75) is 31.9 Å². The monoisotopic (exact) mass is 273 g/mol. The first-order chi connectivity index (χ1) is 9.79. The third kappa shape index (κ3) is 3.43. The molecule has 1 aliphatic heterocycles. The molecule has 0 amide bonds. The van der Waals surface area contributed by atoms with Gasteiger partial charge in [-0.05, 0) is 24.9 Å². The number of piperidine rings is 1. The van der Waals surface area contributed by atoms with Gasteiger partial charge in [-0.3, -0.25) is 4.90 Å². The molecule has 20 heavy (non-hydrogen) atoms. The molecule has 1 N–H and O–H groups in total. The summed E-state index contributed by atoms with van der Waals surface area (Å²) in [4.78, 5) is 2.16. The van der Waals surface area contributed by atoms with Gasteiger partial charge in [0, 0.05) is 6.54 Å². The number of benzene rings is 1. The van der Waals surface area contributed by atoms with E-state index in [-0.39, 0.29) is 6.10 Å². The van der Waals surface area contributed by atoms with Gasteiger partial charge in [0.05, 0.1) is 19.1 Å². The smallest absolute Gasteiger partial charge is 0.230 e. The molecule has 0 saturated carbocycles. The van der Waals surface area contributed by atoms with Crippen molar-refractivity contribution in [2.24, 2.45) is 0 Å². The summed E-state index contributed by atoms with van der Waals surface area (Å²) >= 11 is 0. The number of nitrogens with zero attached hydrogens (tertiary/aromatic N) is 3. The van der Waals surface area contributed by atoms with E-state index >= 15 is 0 Å². The predicted octanol–water partition coefficient (Wildman–Crippen LogP) is 1.62.